The number of nitrogens with zero attached hydrogens (tertiary/aromatic N) is 3. The number of aliphatic hydroxyl groups is 1. The minimum Gasteiger partial charge on any atom is -0.491 e. The number of halogens is 4. The maximum atomic E-state index is 14.7. The summed E-state index contributed by atoms with van der Waals surface area (Å²) in [6, 6.07) is 10.3. The molecular formula is C32H31F4N5O5. The lowest BCUT2D eigenvalue weighted by atomic mass is 9.93. The van der Waals surface area contributed by atoms with Gasteiger partial charge in [-0.05, 0) is 75.1 Å². The number of benzene rings is 1. The highest BCUT2D eigenvalue weighted by molar-refractivity contribution is 5.95. The van der Waals surface area contributed by atoms with Gasteiger partial charge in [0, 0.05) is 28.7 Å². The minimum atomic E-state index is -5.35. The van der Waals surface area contributed by atoms with Gasteiger partial charge < -0.3 is 25.6 Å². The van der Waals surface area contributed by atoms with Gasteiger partial charge in [-0.15, -0.1) is 0 Å². The first-order valence-electron chi connectivity index (χ1n) is 14.9. The van der Waals surface area contributed by atoms with Crippen molar-refractivity contribution in [3.8, 4) is 22.9 Å². The number of pyridine rings is 2. The normalized spacial score (nSPS) is 16.2. The van der Waals surface area contributed by atoms with E-state index in [1.165, 1.54) is 24.3 Å². The Morgan fingerprint density at radius 2 is 1.80 bits per heavy atom. The molecule has 2 saturated carbocycles. The molecule has 2 aliphatic carbocycles. The first-order valence-corrected chi connectivity index (χ1v) is 14.9. The molecule has 46 heavy (non-hydrogen) atoms. The smallest absolute Gasteiger partial charge is 0.424 e. The van der Waals surface area contributed by atoms with E-state index in [-0.39, 0.29) is 46.7 Å². The Kier molecular flexibility index (Phi) is 8.09. The molecule has 0 aliphatic heterocycles. The Balaban J connectivity index is 1.37. The zero-order valence-corrected chi connectivity index (χ0v) is 24.7. The second-order valence-electron chi connectivity index (χ2n) is 11.5. The lowest BCUT2D eigenvalue weighted by Gasteiger charge is -2.31. The zero-order valence-electron chi connectivity index (χ0n) is 24.7. The van der Waals surface area contributed by atoms with Crippen molar-refractivity contribution in [1.82, 2.24) is 19.9 Å². The standard InChI is InChI=1S/C32H31F4N5O5/c1-2-45-29-19(13-26(37)42)12-25(39-28(29)18-5-7-21(33)8-6-18)31(44,32(34,35)36)16-38-30(43)20-11-22-15-24(17-3-4-17)40-41(22)27(14-20)46-23-9-10-23/h5-8,11-12,14-15,17,23,44H,2-4,9-10,13,16H2,1H3,(H2,37,42)(H,38,43)/t31-/m0/s1. The van der Waals surface area contributed by atoms with Crippen LogP contribution >= 0.6 is 0 Å². The number of hydrogen-bond donors (Lipinski definition) is 3. The van der Waals surface area contributed by atoms with Crippen LogP contribution in [0.4, 0.5) is 17.6 Å². The summed E-state index contributed by atoms with van der Waals surface area (Å²) in [7, 11) is 0. The zero-order chi connectivity index (χ0) is 32.8. The van der Waals surface area contributed by atoms with E-state index in [9.17, 15) is 32.3 Å². The molecule has 4 aromatic rings. The predicted molar refractivity (Wildman–Crippen MR) is 157 cm³/mol. The molecule has 1 atom stereocenters. The lowest BCUT2D eigenvalue weighted by Crippen LogP contribution is -2.51. The van der Waals surface area contributed by atoms with Crippen LogP contribution in [0.3, 0.4) is 0 Å². The number of amides is 2. The highest BCUT2D eigenvalue weighted by Gasteiger charge is 2.57. The van der Waals surface area contributed by atoms with Gasteiger partial charge in [-0.2, -0.15) is 18.3 Å². The number of rotatable bonds is 12. The number of nitrogens with one attached hydrogen (secondary N) is 1. The molecule has 0 unspecified atom stereocenters. The van der Waals surface area contributed by atoms with Crippen molar-refractivity contribution in [3.63, 3.8) is 0 Å². The number of alkyl halides is 3. The number of nitrogens with two attached hydrogens (primary N) is 1. The maximum absolute atomic E-state index is 14.7. The highest BCUT2D eigenvalue weighted by Crippen LogP contribution is 2.43. The number of primary amides is 1. The van der Waals surface area contributed by atoms with Gasteiger partial charge in [-0.1, -0.05) is 0 Å². The number of ether oxygens (including phenoxy) is 2. The van der Waals surface area contributed by atoms with E-state index in [2.05, 4.69) is 15.4 Å². The molecule has 3 aromatic heterocycles. The van der Waals surface area contributed by atoms with E-state index >= 15 is 0 Å². The van der Waals surface area contributed by atoms with Crippen LogP contribution in [0.2, 0.25) is 0 Å². The van der Waals surface area contributed by atoms with Gasteiger partial charge in [0.25, 0.3) is 5.91 Å². The average Bonchev–Trinajstić information content (AvgIpc) is 3.95. The summed E-state index contributed by atoms with van der Waals surface area (Å²) in [5.41, 5.74) is 2.06. The summed E-state index contributed by atoms with van der Waals surface area (Å²) < 4.78 is 71.1. The van der Waals surface area contributed by atoms with Crippen LogP contribution in [0.5, 0.6) is 11.6 Å². The Morgan fingerprint density at radius 3 is 2.41 bits per heavy atom. The Labute approximate surface area is 260 Å². The van der Waals surface area contributed by atoms with Crippen molar-refractivity contribution in [1.29, 1.82) is 0 Å². The first kappa shape index (κ1) is 31.3. The van der Waals surface area contributed by atoms with E-state index in [1.54, 1.807) is 11.4 Å². The monoisotopic (exact) mass is 641 g/mol. The highest BCUT2D eigenvalue weighted by atomic mass is 19.4. The quantitative estimate of drug-likeness (QED) is 0.193. The van der Waals surface area contributed by atoms with Crippen molar-refractivity contribution in [3.05, 3.63) is 76.9 Å². The Bertz CT molecular complexity index is 1800. The second kappa shape index (κ2) is 11.9. The molecule has 6 rings (SSSR count). The molecule has 2 fully saturated rings. The molecule has 2 amide bonds. The van der Waals surface area contributed by atoms with Crippen molar-refractivity contribution in [2.75, 3.05) is 13.2 Å². The van der Waals surface area contributed by atoms with Crippen LogP contribution in [-0.2, 0) is 16.8 Å². The predicted octanol–water partition coefficient (Wildman–Crippen LogP) is 4.56. The first-order chi connectivity index (χ1) is 21.9. The maximum Gasteiger partial charge on any atom is 0.424 e. The van der Waals surface area contributed by atoms with Crippen molar-refractivity contribution < 1.29 is 41.7 Å². The van der Waals surface area contributed by atoms with Crippen LogP contribution < -0.4 is 20.5 Å². The summed E-state index contributed by atoms with van der Waals surface area (Å²) in [6.07, 6.45) is -2.27. The SMILES string of the molecule is CCOc1c(CC(N)=O)cc([C@@](O)(CNC(=O)c2cc(OC3CC3)n3nc(C4CC4)cc3c2)C(F)(F)F)nc1-c1ccc(F)cc1. The van der Waals surface area contributed by atoms with Gasteiger partial charge in [0.2, 0.25) is 17.4 Å². The third kappa shape index (κ3) is 6.34. The molecule has 0 bridgehead atoms. The minimum absolute atomic E-state index is 0.0102. The number of carbonyl (C=O) groups excluding carboxylic acids is 2. The molecule has 0 radical (unpaired) electrons. The number of hydrogen-bond acceptors (Lipinski definition) is 7. The summed E-state index contributed by atoms with van der Waals surface area (Å²) in [4.78, 5) is 29.4. The third-order valence-electron chi connectivity index (χ3n) is 7.83. The van der Waals surface area contributed by atoms with Gasteiger partial charge in [0.1, 0.15) is 23.4 Å². The number of fused-ring (bicyclic) bond motifs is 1. The van der Waals surface area contributed by atoms with Crippen LogP contribution in [0, 0.1) is 5.82 Å². The molecule has 0 saturated heterocycles. The molecule has 242 valence electrons. The van der Waals surface area contributed by atoms with Crippen molar-refractivity contribution in [2.45, 2.75) is 62.8 Å². The summed E-state index contributed by atoms with van der Waals surface area (Å²) in [6.45, 7) is 0.343. The third-order valence-corrected chi connectivity index (χ3v) is 7.83. The summed E-state index contributed by atoms with van der Waals surface area (Å²) in [5.74, 6) is -1.83. The Morgan fingerprint density at radius 1 is 1.09 bits per heavy atom. The fourth-order valence-corrected chi connectivity index (χ4v) is 5.11. The van der Waals surface area contributed by atoms with E-state index in [0.717, 1.165) is 49.6 Å². The molecular weight excluding hydrogens is 610 g/mol. The fourth-order valence-electron chi connectivity index (χ4n) is 5.11. The van der Waals surface area contributed by atoms with E-state index in [0.29, 0.717) is 11.4 Å². The molecule has 0 spiro atoms. The van der Waals surface area contributed by atoms with Crippen molar-refractivity contribution >= 4 is 17.3 Å². The molecule has 3 heterocycles. The van der Waals surface area contributed by atoms with Gasteiger partial charge in [-0.3, -0.25) is 9.59 Å². The molecule has 10 nitrogen and oxygen atoms in total. The lowest BCUT2D eigenvalue weighted by molar-refractivity contribution is -0.265. The average molecular weight is 642 g/mol. The topological polar surface area (TPSA) is 141 Å². The van der Waals surface area contributed by atoms with Gasteiger partial charge >= 0.3 is 6.18 Å². The van der Waals surface area contributed by atoms with Gasteiger partial charge in [0.05, 0.1) is 36.5 Å². The van der Waals surface area contributed by atoms with Crippen molar-refractivity contribution in [2.24, 2.45) is 5.73 Å². The largest absolute Gasteiger partial charge is 0.491 e. The van der Waals surface area contributed by atoms with Crippen LogP contribution in [0.15, 0.2) is 48.5 Å². The molecule has 4 N–H and O–H groups in total. The van der Waals surface area contributed by atoms with E-state index in [1.807, 2.05) is 6.07 Å². The number of carbonyl (C=O) groups is 2. The van der Waals surface area contributed by atoms with E-state index in [4.69, 9.17) is 15.2 Å². The van der Waals surface area contributed by atoms with Gasteiger partial charge in [0.15, 0.2) is 0 Å². The van der Waals surface area contributed by atoms with E-state index < -0.39 is 48.1 Å². The molecule has 14 heteroatoms. The number of aromatic nitrogens is 3. The fraction of sp³-hybridized carbons (Fsp3) is 0.375. The second-order valence-corrected chi connectivity index (χ2v) is 11.5. The summed E-state index contributed by atoms with van der Waals surface area (Å²) >= 11 is 0. The van der Waals surface area contributed by atoms with Crippen LogP contribution in [0.1, 0.15) is 65.8 Å². The Hall–Kier alpha value is -4.72. The molecule has 2 aliphatic rings. The van der Waals surface area contributed by atoms with Crippen LogP contribution in [-0.4, -0.2) is 57.0 Å². The van der Waals surface area contributed by atoms with Crippen LogP contribution in [0.25, 0.3) is 16.8 Å². The van der Waals surface area contributed by atoms with Gasteiger partial charge in [-0.25, -0.2) is 13.9 Å². The summed E-state index contributed by atoms with van der Waals surface area (Å²) in [5, 5.41) is 18.1. The molecule has 1 aromatic carbocycles.